The summed E-state index contributed by atoms with van der Waals surface area (Å²) < 4.78 is 0. The molecule has 0 saturated carbocycles. The molecular weight excluding hydrogens is 833 g/mol. The molecule has 4 heterocycles. The number of primary amides is 1. The molecule has 13 N–H and O–H groups in total. The summed E-state index contributed by atoms with van der Waals surface area (Å²) in [5, 5.41) is 50.0. The molecular formula is C39H54N10O12S. The Morgan fingerprint density at radius 2 is 1.53 bits per heavy atom. The van der Waals surface area contributed by atoms with E-state index in [9.17, 15) is 58.5 Å². The zero-order valence-electron chi connectivity index (χ0n) is 34.4. The maximum absolute atomic E-state index is 14.4. The molecule has 10 atom stereocenters. The van der Waals surface area contributed by atoms with Crippen LogP contribution in [-0.4, -0.2) is 159 Å². The number of aliphatic hydroxyl groups excluding tert-OH is 3. The highest BCUT2D eigenvalue weighted by molar-refractivity contribution is 7.99. The van der Waals surface area contributed by atoms with Crippen molar-refractivity contribution < 1.29 is 58.5 Å². The summed E-state index contributed by atoms with van der Waals surface area (Å²) in [6.07, 6.45) is -3.83. The zero-order valence-corrected chi connectivity index (χ0v) is 35.2. The third kappa shape index (κ3) is 11.4. The second kappa shape index (κ2) is 20.9. The molecule has 2 aromatic rings. The topological polar surface area (TPSA) is 344 Å². The van der Waals surface area contributed by atoms with Crippen LogP contribution in [0.2, 0.25) is 0 Å². The van der Waals surface area contributed by atoms with Gasteiger partial charge in [-0.1, -0.05) is 45.4 Å². The van der Waals surface area contributed by atoms with Crippen molar-refractivity contribution in [1.82, 2.24) is 47.1 Å². The van der Waals surface area contributed by atoms with E-state index in [-0.39, 0.29) is 18.6 Å². The van der Waals surface area contributed by atoms with E-state index in [1.165, 1.54) is 6.92 Å². The number of para-hydroxylation sites is 1. The quantitative estimate of drug-likeness (QED) is 0.125. The molecule has 2 bridgehead atoms. The van der Waals surface area contributed by atoms with Gasteiger partial charge in [-0.2, -0.15) is 0 Å². The van der Waals surface area contributed by atoms with Crippen LogP contribution in [0.5, 0.6) is 0 Å². The molecule has 0 radical (unpaired) electrons. The third-order valence-corrected chi connectivity index (χ3v) is 12.4. The van der Waals surface area contributed by atoms with Gasteiger partial charge in [0.15, 0.2) is 0 Å². The molecule has 1 aromatic carbocycles. The molecule has 22 nitrogen and oxygen atoms in total. The van der Waals surface area contributed by atoms with E-state index in [1.54, 1.807) is 38.1 Å². The van der Waals surface area contributed by atoms with Crippen LogP contribution >= 0.6 is 11.8 Å². The first kappa shape index (κ1) is 47.3. The maximum Gasteiger partial charge on any atom is 0.246 e. The average Bonchev–Trinajstić information content (AvgIpc) is 3.81. The van der Waals surface area contributed by atoms with Crippen molar-refractivity contribution in [2.24, 2.45) is 17.6 Å². The summed E-state index contributed by atoms with van der Waals surface area (Å²) in [6.45, 7) is 2.23. The van der Waals surface area contributed by atoms with Crippen LogP contribution in [0, 0.1) is 11.8 Å². The fraction of sp³-hybridized carbons (Fsp3) is 0.564. The number of hydrogen-bond donors (Lipinski definition) is 12. The monoisotopic (exact) mass is 886 g/mol. The second-order valence-corrected chi connectivity index (χ2v) is 16.8. The number of aromatic nitrogens is 1. The fourth-order valence-electron chi connectivity index (χ4n) is 7.52. The Morgan fingerprint density at radius 1 is 0.855 bits per heavy atom. The summed E-state index contributed by atoms with van der Waals surface area (Å²) in [5.74, 6) is -10.2. The van der Waals surface area contributed by atoms with Gasteiger partial charge in [-0.3, -0.25) is 43.2 Å². The van der Waals surface area contributed by atoms with Gasteiger partial charge in [-0.15, -0.1) is 11.8 Å². The van der Waals surface area contributed by atoms with Gasteiger partial charge in [0, 0.05) is 42.0 Å². The van der Waals surface area contributed by atoms with E-state index in [1.807, 2.05) is 0 Å². The number of nitrogens with two attached hydrogens (primary N) is 1. The number of carbonyl (C=O) groups is 9. The lowest BCUT2D eigenvalue weighted by molar-refractivity contribution is -0.144. The fourth-order valence-corrected chi connectivity index (χ4v) is 8.64. The van der Waals surface area contributed by atoms with Gasteiger partial charge in [0.25, 0.3) is 0 Å². The smallest absolute Gasteiger partial charge is 0.246 e. The maximum atomic E-state index is 14.4. The highest BCUT2D eigenvalue weighted by Crippen LogP contribution is 2.32. The molecule has 62 heavy (non-hydrogen) atoms. The number of carbonyl (C=O) groups excluding carboxylic acids is 9. The molecule has 3 aliphatic rings. The summed E-state index contributed by atoms with van der Waals surface area (Å²) in [5.41, 5.74) is 6.54. The van der Waals surface area contributed by atoms with Crippen LogP contribution in [-0.2, 0) is 49.6 Å². The first-order valence-corrected chi connectivity index (χ1v) is 21.2. The molecule has 1 saturated heterocycles. The number of fused-ring (bicyclic) bond motifs is 5. The van der Waals surface area contributed by atoms with Crippen molar-refractivity contribution in [3.05, 3.63) is 29.8 Å². The van der Waals surface area contributed by atoms with E-state index >= 15 is 0 Å². The van der Waals surface area contributed by atoms with Crippen LogP contribution in [0.1, 0.15) is 45.6 Å². The lowest BCUT2D eigenvalue weighted by Gasteiger charge is -2.32. The molecule has 3 aliphatic heterocycles. The SMILES string of the molecule is CC[C@H](C)[C@@H]1NC(=O)CNC(=O)[C@@H]2Cc3c([nH]c4ccccc34)SC[C@H](NC(=O)CNC1=O)C(=O)N[C@@H](CC(N)=O)C(=O)N1C[C@H](O)C[C@H]1C(=O)N[C@@H]([C@@H](C)[C@@H](O)CO)C(=O)N2. The number of nitrogens with zero attached hydrogens (tertiary/aromatic N) is 1. The van der Waals surface area contributed by atoms with Crippen molar-refractivity contribution in [2.75, 3.05) is 32.0 Å². The van der Waals surface area contributed by atoms with E-state index in [4.69, 9.17) is 5.73 Å². The molecule has 0 spiro atoms. The number of aliphatic hydroxyl groups is 3. The average molecular weight is 887 g/mol. The predicted octanol–water partition coefficient (Wildman–Crippen LogP) is -4.64. The number of thioether (sulfide) groups is 1. The summed E-state index contributed by atoms with van der Waals surface area (Å²) in [6, 6.07) is -2.10. The van der Waals surface area contributed by atoms with Crippen molar-refractivity contribution in [2.45, 2.75) is 99.9 Å². The Bertz CT molecular complexity index is 2070. The molecule has 1 fully saturated rings. The van der Waals surface area contributed by atoms with E-state index < -0.39 is 146 Å². The number of aromatic amines is 1. The largest absolute Gasteiger partial charge is 0.394 e. The van der Waals surface area contributed by atoms with Crippen LogP contribution in [0.3, 0.4) is 0 Å². The molecule has 5 rings (SSSR count). The summed E-state index contributed by atoms with van der Waals surface area (Å²) >= 11 is 1.02. The number of rotatable bonds is 7. The number of hydrogen-bond acceptors (Lipinski definition) is 13. The van der Waals surface area contributed by atoms with Crippen molar-refractivity contribution >= 4 is 75.8 Å². The molecule has 0 aliphatic carbocycles. The molecule has 338 valence electrons. The first-order valence-electron chi connectivity index (χ1n) is 20.3. The Hall–Kier alpha value is -5.78. The second-order valence-electron chi connectivity index (χ2n) is 15.8. The zero-order chi connectivity index (χ0) is 45.4. The minimum absolute atomic E-state index is 0.246. The molecule has 9 amide bonds. The van der Waals surface area contributed by atoms with E-state index in [0.717, 1.165) is 16.7 Å². The molecule has 0 unspecified atom stereocenters. The first-order chi connectivity index (χ1) is 29.4. The number of H-pyrrole nitrogens is 1. The number of amides is 9. The Balaban J connectivity index is 1.69. The van der Waals surface area contributed by atoms with Gasteiger partial charge in [-0.25, -0.2) is 0 Å². The summed E-state index contributed by atoms with van der Waals surface area (Å²) in [4.78, 5) is 128. The summed E-state index contributed by atoms with van der Waals surface area (Å²) in [7, 11) is 0. The normalized spacial score (nSPS) is 27.8. The van der Waals surface area contributed by atoms with Crippen LogP contribution in [0.15, 0.2) is 29.3 Å². The van der Waals surface area contributed by atoms with Gasteiger partial charge in [0.1, 0.15) is 36.3 Å². The Morgan fingerprint density at radius 3 is 2.21 bits per heavy atom. The van der Waals surface area contributed by atoms with Gasteiger partial charge < -0.3 is 68.2 Å². The van der Waals surface area contributed by atoms with Gasteiger partial charge in [0.2, 0.25) is 53.2 Å². The van der Waals surface area contributed by atoms with Gasteiger partial charge in [-0.05, 0) is 17.5 Å². The van der Waals surface area contributed by atoms with Gasteiger partial charge in [0.05, 0.1) is 43.4 Å². The van der Waals surface area contributed by atoms with E-state index in [2.05, 4.69) is 42.2 Å². The van der Waals surface area contributed by atoms with Crippen LogP contribution in [0.4, 0.5) is 0 Å². The minimum Gasteiger partial charge on any atom is -0.394 e. The lowest BCUT2D eigenvalue weighted by Crippen LogP contribution is -2.62. The highest BCUT2D eigenvalue weighted by Gasteiger charge is 2.45. The van der Waals surface area contributed by atoms with Crippen molar-refractivity contribution in [3.8, 4) is 0 Å². The predicted molar refractivity (Wildman–Crippen MR) is 220 cm³/mol. The van der Waals surface area contributed by atoms with Crippen LogP contribution in [0.25, 0.3) is 10.9 Å². The molecule has 23 heteroatoms. The third-order valence-electron chi connectivity index (χ3n) is 11.3. The Kier molecular flexibility index (Phi) is 15.9. The highest BCUT2D eigenvalue weighted by atomic mass is 32.2. The number of benzene rings is 1. The molecule has 1 aromatic heterocycles. The lowest BCUT2D eigenvalue weighted by atomic mass is 9.93. The van der Waals surface area contributed by atoms with Crippen molar-refractivity contribution in [1.29, 1.82) is 0 Å². The standard InChI is InChI=1S/C39H54N10O12S/c1-4-17(2)31-36(59)42-12-29(54)43-25-16-62-38-21(20-7-5-6-8-22(20)46-38)10-23(33(56)41-13-30(55)47-31)44-37(60)32(18(3)27(52)15-50)48-35(58)26-9-19(51)14-49(26)39(61)24(11-28(40)53)45-34(25)57/h5-8,17-19,23-27,31-32,46,50-52H,4,9-16H2,1-3H3,(H2,40,53)(H,41,56)(H,42,59)(H,43,54)(H,44,60)(H,45,57)(H,47,55)(H,48,58)/t17-,18-,19+,23-,24-,25-,26-,27-,31-,32-/m0/s1. The van der Waals surface area contributed by atoms with Gasteiger partial charge >= 0.3 is 0 Å². The number of nitrogens with one attached hydrogen (secondary N) is 8. The van der Waals surface area contributed by atoms with Crippen LogP contribution < -0.4 is 43.0 Å². The Labute approximate surface area is 360 Å². The van der Waals surface area contributed by atoms with E-state index in [0.29, 0.717) is 27.9 Å². The minimum atomic E-state index is -1.72. The van der Waals surface area contributed by atoms with Crippen molar-refractivity contribution in [3.63, 3.8) is 0 Å².